The number of hydrogen-bond acceptors (Lipinski definition) is 8. The van der Waals surface area contributed by atoms with Gasteiger partial charge in [0.2, 0.25) is 11.4 Å². The van der Waals surface area contributed by atoms with Crippen LogP contribution in [0.1, 0.15) is 17.5 Å². The lowest BCUT2D eigenvalue weighted by atomic mass is 9.95. The van der Waals surface area contributed by atoms with E-state index in [0.717, 1.165) is 6.92 Å². The molecule has 0 aromatic carbocycles. The number of hydrogen-bond donors (Lipinski definition) is 5. The van der Waals surface area contributed by atoms with Gasteiger partial charge >= 0.3 is 17.7 Å². The van der Waals surface area contributed by atoms with Gasteiger partial charge in [-0.25, -0.2) is 4.79 Å². The van der Waals surface area contributed by atoms with Gasteiger partial charge in [0.25, 0.3) is 0 Å². The molecular formula is C11H12O9. The smallest absolute Gasteiger partial charge is 0.381 e. The van der Waals surface area contributed by atoms with Crippen molar-refractivity contribution in [3.05, 3.63) is 35.9 Å². The number of ether oxygens (including phenoxy) is 1. The van der Waals surface area contributed by atoms with Crippen LogP contribution in [0, 0.1) is 0 Å². The summed E-state index contributed by atoms with van der Waals surface area (Å²) in [6.07, 6.45) is 2.13. The second-order valence-corrected chi connectivity index (χ2v) is 3.91. The van der Waals surface area contributed by atoms with E-state index in [1.807, 2.05) is 0 Å². The molecule has 0 fully saturated rings. The van der Waals surface area contributed by atoms with Crippen molar-refractivity contribution in [2.75, 3.05) is 0 Å². The van der Waals surface area contributed by atoms with Gasteiger partial charge in [-0.15, -0.1) is 0 Å². The summed E-state index contributed by atoms with van der Waals surface area (Å²) in [7, 11) is 0. The lowest BCUT2D eigenvalue weighted by molar-refractivity contribution is -0.258. The summed E-state index contributed by atoms with van der Waals surface area (Å²) in [5, 5.41) is 44.6. The Morgan fingerprint density at radius 3 is 2.15 bits per heavy atom. The van der Waals surface area contributed by atoms with Gasteiger partial charge in [-0.05, 0) is 19.1 Å². The summed E-state index contributed by atoms with van der Waals surface area (Å²) in [6.45, 7) is 0.791. The molecule has 0 saturated heterocycles. The van der Waals surface area contributed by atoms with Crippen molar-refractivity contribution in [1.82, 2.24) is 0 Å². The minimum atomic E-state index is -3.07. The molecule has 2 rings (SSSR count). The van der Waals surface area contributed by atoms with Crippen molar-refractivity contribution in [3.63, 3.8) is 0 Å². The Hall–Kier alpha value is -2.52. The van der Waals surface area contributed by atoms with Crippen molar-refractivity contribution < 1.29 is 44.3 Å². The number of aliphatic hydroxyl groups excluding tert-OH is 2. The van der Waals surface area contributed by atoms with Crippen LogP contribution >= 0.6 is 0 Å². The second kappa shape index (κ2) is 5.23. The Morgan fingerprint density at radius 2 is 1.95 bits per heavy atom. The number of carboxylic acids is 1. The standard InChI is InChI=1S/C6H8O7.C5H4O2/c1-5(11)2(7)3(8)13-6(5,12)4(9)10;6-4-5-2-1-3-7-5/h7-8,11-12H,1H3,(H,9,10);1-4H. The third-order valence-electron chi connectivity index (χ3n) is 2.52. The topological polar surface area (TPSA) is 158 Å². The number of carbonyl (C=O) groups is 2. The molecule has 110 valence electrons. The first-order chi connectivity index (χ1) is 9.16. The van der Waals surface area contributed by atoms with Gasteiger partial charge in [-0.3, -0.25) is 4.79 Å². The molecule has 0 aliphatic carbocycles. The molecule has 0 amide bonds. The zero-order valence-electron chi connectivity index (χ0n) is 10.2. The van der Waals surface area contributed by atoms with Crippen LogP contribution in [0.25, 0.3) is 0 Å². The van der Waals surface area contributed by atoms with Crippen molar-refractivity contribution in [2.45, 2.75) is 18.3 Å². The van der Waals surface area contributed by atoms with E-state index < -0.39 is 29.1 Å². The van der Waals surface area contributed by atoms with Crippen LogP contribution in [-0.4, -0.2) is 49.2 Å². The molecule has 1 aliphatic heterocycles. The number of rotatable bonds is 2. The lowest BCUT2D eigenvalue weighted by Crippen LogP contribution is -2.56. The first-order valence-corrected chi connectivity index (χ1v) is 5.15. The monoisotopic (exact) mass is 288 g/mol. The number of furan rings is 1. The van der Waals surface area contributed by atoms with Gasteiger partial charge < -0.3 is 34.7 Å². The van der Waals surface area contributed by atoms with Gasteiger partial charge in [0.15, 0.2) is 12.0 Å². The third-order valence-corrected chi connectivity index (χ3v) is 2.52. The normalized spacial score (nSPS) is 28.4. The Labute approximate surface area is 111 Å². The zero-order valence-corrected chi connectivity index (χ0v) is 10.2. The average molecular weight is 288 g/mol. The predicted molar refractivity (Wildman–Crippen MR) is 60.7 cm³/mol. The van der Waals surface area contributed by atoms with Crippen LogP contribution in [0.5, 0.6) is 0 Å². The fraction of sp³-hybridized carbons (Fsp3) is 0.273. The minimum Gasteiger partial charge on any atom is -0.503 e. The molecule has 9 nitrogen and oxygen atoms in total. The number of aldehydes is 1. The van der Waals surface area contributed by atoms with Gasteiger partial charge in [0.1, 0.15) is 0 Å². The van der Waals surface area contributed by atoms with Gasteiger partial charge in [-0.1, -0.05) is 0 Å². The predicted octanol–water partition coefficient (Wildman–Crippen LogP) is -0.0820. The molecule has 2 atom stereocenters. The summed E-state index contributed by atoms with van der Waals surface area (Å²) in [4.78, 5) is 20.2. The van der Waals surface area contributed by atoms with E-state index in [-0.39, 0.29) is 0 Å². The minimum absolute atomic E-state index is 0.375. The number of aliphatic hydroxyl groups is 4. The van der Waals surface area contributed by atoms with E-state index in [9.17, 15) is 19.8 Å². The van der Waals surface area contributed by atoms with Crippen molar-refractivity contribution in [3.8, 4) is 0 Å². The van der Waals surface area contributed by atoms with Crippen molar-refractivity contribution >= 4 is 12.3 Å². The zero-order chi connectivity index (χ0) is 15.6. The van der Waals surface area contributed by atoms with Gasteiger partial charge in [0, 0.05) is 0 Å². The van der Waals surface area contributed by atoms with E-state index in [0.29, 0.717) is 12.0 Å². The quantitative estimate of drug-likeness (QED) is 0.469. The second-order valence-electron chi connectivity index (χ2n) is 3.91. The number of aliphatic carboxylic acids is 1. The van der Waals surface area contributed by atoms with E-state index in [4.69, 9.17) is 15.3 Å². The van der Waals surface area contributed by atoms with Crippen LogP contribution in [0.2, 0.25) is 0 Å². The average Bonchev–Trinajstić information content (AvgIpc) is 2.95. The molecule has 0 spiro atoms. The highest BCUT2D eigenvalue weighted by Crippen LogP contribution is 2.38. The summed E-state index contributed by atoms with van der Waals surface area (Å²) in [5.41, 5.74) is -2.58. The lowest BCUT2D eigenvalue weighted by Gasteiger charge is -2.28. The summed E-state index contributed by atoms with van der Waals surface area (Å²) in [6, 6.07) is 3.27. The molecule has 0 radical (unpaired) electrons. The molecule has 9 heteroatoms. The van der Waals surface area contributed by atoms with Crippen LogP contribution < -0.4 is 0 Å². The van der Waals surface area contributed by atoms with E-state index in [1.54, 1.807) is 12.1 Å². The van der Waals surface area contributed by atoms with Crippen LogP contribution in [0.4, 0.5) is 0 Å². The SMILES string of the molecule is CC1(O)C(O)=C(O)OC1(O)C(=O)O.O=Cc1ccco1. The highest BCUT2D eigenvalue weighted by atomic mass is 16.7. The first kappa shape index (κ1) is 15.5. The van der Waals surface area contributed by atoms with E-state index >= 15 is 0 Å². The van der Waals surface area contributed by atoms with Gasteiger partial charge in [-0.2, -0.15) is 0 Å². The van der Waals surface area contributed by atoms with E-state index in [1.165, 1.54) is 6.26 Å². The highest BCUT2D eigenvalue weighted by molar-refractivity contribution is 5.78. The molecule has 20 heavy (non-hydrogen) atoms. The molecule has 1 aliphatic rings. The molecule has 2 heterocycles. The third kappa shape index (κ3) is 2.44. The molecule has 1 aromatic heterocycles. The Morgan fingerprint density at radius 1 is 1.35 bits per heavy atom. The number of carboxylic acid groups (broad SMARTS) is 1. The summed E-state index contributed by atoms with van der Waals surface area (Å²) in [5.74, 6) is -6.96. The highest BCUT2D eigenvalue weighted by Gasteiger charge is 2.64. The summed E-state index contributed by atoms with van der Waals surface area (Å²) < 4.78 is 8.64. The van der Waals surface area contributed by atoms with Crippen LogP contribution in [-0.2, 0) is 9.53 Å². The molecule has 2 unspecified atom stereocenters. The van der Waals surface area contributed by atoms with Gasteiger partial charge in [0.05, 0.1) is 6.26 Å². The maximum atomic E-state index is 10.4. The summed E-state index contributed by atoms with van der Waals surface area (Å²) >= 11 is 0. The number of carbonyl (C=O) groups excluding carboxylic acids is 1. The van der Waals surface area contributed by atoms with Crippen molar-refractivity contribution in [1.29, 1.82) is 0 Å². The molecular weight excluding hydrogens is 276 g/mol. The molecule has 0 saturated carbocycles. The molecule has 5 N–H and O–H groups in total. The Kier molecular flexibility index (Phi) is 4.06. The first-order valence-electron chi connectivity index (χ1n) is 5.15. The maximum absolute atomic E-state index is 10.4. The van der Waals surface area contributed by atoms with Crippen LogP contribution in [0.3, 0.4) is 0 Å². The van der Waals surface area contributed by atoms with E-state index in [2.05, 4.69) is 9.15 Å². The largest absolute Gasteiger partial charge is 0.503 e. The van der Waals surface area contributed by atoms with Crippen LogP contribution in [0.15, 0.2) is 34.5 Å². The molecule has 0 bridgehead atoms. The maximum Gasteiger partial charge on any atom is 0.381 e. The Balaban J connectivity index is 0.000000240. The fourth-order valence-corrected chi connectivity index (χ4v) is 1.27. The Bertz CT molecular complexity index is 528. The van der Waals surface area contributed by atoms with Crippen molar-refractivity contribution in [2.24, 2.45) is 0 Å². The fourth-order valence-electron chi connectivity index (χ4n) is 1.27. The molecule has 1 aromatic rings.